The Morgan fingerprint density at radius 3 is 2.54 bits per heavy atom. The highest BCUT2D eigenvalue weighted by atomic mass is 35.5. The Kier molecular flexibility index (Phi) is 4.72. The molecule has 26 heavy (non-hydrogen) atoms. The number of rotatable bonds is 3. The molecule has 0 aromatic heterocycles. The van der Waals surface area contributed by atoms with E-state index in [0.717, 1.165) is 0 Å². The summed E-state index contributed by atoms with van der Waals surface area (Å²) < 4.78 is 38.6. The zero-order chi connectivity index (χ0) is 19.1. The van der Waals surface area contributed by atoms with Crippen molar-refractivity contribution in [1.29, 1.82) is 0 Å². The smallest absolute Gasteiger partial charge is 0.257 e. The highest BCUT2D eigenvalue weighted by Gasteiger charge is 2.42. The molecule has 136 valence electrons. The standard InChI is InChI=1S/C17H14ClFN2O4S/c1-10-9-26(24,25)21(17(10)23)11-6-7-12(13(18)8-11)16(22)20-15-5-3-2-4-14(15)19/h2-8,10H,9H2,1H3,(H,20,22)/t10-/m1/s1. The Balaban J connectivity index is 1.90. The van der Waals surface area contributed by atoms with Gasteiger partial charge in [0.25, 0.3) is 5.91 Å². The lowest BCUT2D eigenvalue weighted by Crippen LogP contribution is -2.30. The Morgan fingerprint density at radius 2 is 1.96 bits per heavy atom. The van der Waals surface area contributed by atoms with E-state index in [1.54, 1.807) is 6.07 Å². The maximum atomic E-state index is 13.6. The molecule has 2 aromatic carbocycles. The number of amides is 2. The Morgan fingerprint density at radius 1 is 1.27 bits per heavy atom. The highest BCUT2D eigenvalue weighted by molar-refractivity contribution is 7.94. The number of hydrogen-bond acceptors (Lipinski definition) is 4. The first kappa shape index (κ1) is 18.3. The van der Waals surface area contributed by atoms with E-state index in [2.05, 4.69) is 5.32 Å². The average molecular weight is 397 g/mol. The quantitative estimate of drug-likeness (QED) is 0.864. The summed E-state index contributed by atoms with van der Waals surface area (Å²) in [5.74, 6) is -2.74. The maximum absolute atomic E-state index is 13.6. The molecule has 1 aliphatic heterocycles. The number of sulfonamides is 1. The first-order valence-corrected chi connectivity index (χ1v) is 9.61. The summed E-state index contributed by atoms with van der Waals surface area (Å²) in [7, 11) is -3.77. The molecule has 0 unspecified atom stereocenters. The fourth-order valence-electron chi connectivity index (χ4n) is 2.65. The lowest BCUT2D eigenvalue weighted by Gasteiger charge is -2.16. The van der Waals surface area contributed by atoms with Crippen LogP contribution >= 0.6 is 11.6 Å². The summed E-state index contributed by atoms with van der Waals surface area (Å²) in [6, 6.07) is 9.48. The Labute approximate surface area is 154 Å². The SMILES string of the molecule is C[C@@H]1CS(=O)(=O)N(c2ccc(C(=O)Nc3ccccc3F)c(Cl)c2)C1=O. The number of para-hydroxylation sites is 1. The van der Waals surface area contributed by atoms with Gasteiger partial charge in [0.15, 0.2) is 0 Å². The monoisotopic (exact) mass is 396 g/mol. The molecule has 2 aromatic rings. The van der Waals surface area contributed by atoms with Crippen LogP contribution in [0.5, 0.6) is 0 Å². The van der Waals surface area contributed by atoms with Crippen molar-refractivity contribution in [3.63, 3.8) is 0 Å². The third-order valence-corrected chi connectivity index (χ3v) is 6.10. The zero-order valence-electron chi connectivity index (χ0n) is 13.6. The van der Waals surface area contributed by atoms with Crippen LogP contribution in [0.1, 0.15) is 17.3 Å². The van der Waals surface area contributed by atoms with Crippen molar-refractivity contribution in [1.82, 2.24) is 0 Å². The summed E-state index contributed by atoms with van der Waals surface area (Å²) in [6.45, 7) is 1.53. The van der Waals surface area contributed by atoms with E-state index in [-0.39, 0.29) is 27.7 Å². The van der Waals surface area contributed by atoms with Crippen molar-refractivity contribution in [2.75, 3.05) is 15.4 Å². The molecule has 2 amide bonds. The van der Waals surface area contributed by atoms with Gasteiger partial charge in [0.2, 0.25) is 15.9 Å². The van der Waals surface area contributed by atoms with Gasteiger partial charge in [-0.15, -0.1) is 0 Å². The molecule has 1 saturated heterocycles. The van der Waals surface area contributed by atoms with Crippen molar-refractivity contribution in [2.45, 2.75) is 6.92 Å². The van der Waals surface area contributed by atoms with Crippen LogP contribution in [-0.4, -0.2) is 26.0 Å². The van der Waals surface area contributed by atoms with Crippen LogP contribution < -0.4 is 9.62 Å². The van der Waals surface area contributed by atoms with E-state index in [1.165, 1.54) is 43.3 Å². The van der Waals surface area contributed by atoms with E-state index in [4.69, 9.17) is 11.6 Å². The molecule has 0 bridgehead atoms. The summed E-state index contributed by atoms with van der Waals surface area (Å²) in [6.07, 6.45) is 0. The first-order chi connectivity index (χ1) is 12.2. The number of hydrogen-bond donors (Lipinski definition) is 1. The number of anilines is 2. The lowest BCUT2D eigenvalue weighted by molar-refractivity contribution is -0.119. The van der Waals surface area contributed by atoms with E-state index in [1.807, 2.05) is 0 Å². The van der Waals surface area contributed by atoms with Gasteiger partial charge in [0.1, 0.15) is 5.82 Å². The second-order valence-corrected chi connectivity index (χ2v) is 8.15. The largest absolute Gasteiger partial charge is 0.319 e. The highest BCUT2D eigenvalue weighted by Crippen LogP contribution is 2.31. The topological polar surface area (TPSA) is 83.6 Å². The molecular weight excluding hydrogens is 383 g/mol. The van der Waals surface area contributed by atoms with Crippen LogP contribution in [0.2, 0.25) is 5.02 Å². The molecule has 1 aliphatic rings. The number of carbonyl (C=O) groups excluding carboxylic acids is 2. The van der Waals surface area contributed by atoms with Crippen LogP contribution in [0.25, 0.3) is 0 Å². The third-order valence-electron chi connectivity index (χ3n) is 3.91. The van der Waals surface area contributed by atoms with Gasteiger partial charge in [0, 0.05) is 0 Å². The molecule has 0 radical (unpaired) electrons. The minimum Gasteiger partial charge on any atom is -0.319 e. The Hall–Kier alpha value is -2.45. The van der Waals surface area contributed by atoms with Crippen molar-refractivity contribution in [2.24, 2.45) is 5.92 Å². The fraction of sp³-hybridized carbons (Fsp3) is 0.176. The molecule has 3 rings (SSSR count). The van der Waals surface area contributed by atoms with Crippen LogP contribution in [0, 0.1) is 11.7 Å². The number of nitrogens with zero attached hydrogens (tertiary/aromatic N) is 1. The molecule has 0 aliphatic carbocycles. The van der Waals surface area contributed by atoms with Crippen LogP contribution in [0.15, 0.2) is 42.5 Å². The molecular formula is C17H14ClFN2O4S. The molecule has 9 heteroatoms. The van der Waals surface area contributed by atoms with Gasteiger partial charge in [-0.2, -0.15) is 0 Å². The van der Waals surface area contributed by atoms with E-state index in [0.29, 0.717) is 4.31 Å². The number of nitrogens with one attached hydrogen (secondary N) is 1. The predicted molar refractivity (Wildman–Crippen MR) is 96.2 cm³/mol. The van der Waals surface area contributed by atoms with Crippen molar-refractivity contribution in [3.05, 3.63) is 58.9 Å². The second kappa shape index (κ2) is 6.69. The van der Waals surface area contributed by atoms with Crippen molar-refractivity contribution >= 4 is 44.8 Å². The maximum Gasteiger partial charge on any atom is 0.257 e. The molecule has 1 fully saturated rings. The molecule has 0 saturated carbocycles. The van der Waals surface area contributed by atoms with Gasteiger partial charge >= 0.3 is 0 Å². The van der Waals surface area contributed by atoms with Gasteiger partial charge < -0.3 is 5.32 Å². The summed E-state index contributed by atoms with van der Waals surface area (Å²) in [4.78, 5) is 24.4. The number of halogens is 2. The number of benzene rings is 2. The molecule has 1 atom stereocenters. The van der Waals surface area contributed by atoms with Gasteiger partial charge in [-0.3, -0.25) is 9.59 Å². The predicted octanol–water partition coefficient (Wildman–Crippen LogP) is 3.04. The number of carbonyl (C=O) groups is 2. The molecule has 1 heterocycles. The van der Waals surface area contributed by atoms with Gasteiger partial charge in [0.05, 0.1) is 33.6 Å². The van der Waals surface area contributed by atoms with Gasteiger partial charge in [-0.25, -0.2) is 17.1 Å². The summed E-state index contributed by atoms with van der Waals surface area (Å²) in [5, 5.41) is 2.33. The summed E-state index contributed by atoms with van der Waals surface area (Å²) in [5.41, 5.74) is 0.0753. The fourth-order valence-corrected chi connectivity index (χ4v) is 4.73. The molecule has 1 N–H and O–H groups in total. The normalized spacial score (nSPS) is 18.8. The van der Waals surface area contributed by atoms with Crippen LogP contribution in [0.3, 0.4) is 0 Å². The third kappa shape index (κ3) is 3.30. The summed E-state index contributed by atoms with van der Waals surface area (Å²) >= 11 is 6.10. The van der Waals surface area contributed by atoms with E-state index < -0.39 is 33.6 Å². The van der Waals surface area contributed by atoms with E-state index >= 15 is 0 Å². The van der Waals surface area contributed by atoms with Crippen molar-refractivity contribution in [3.8, 4) is 0 Å². The Bertz CT molecular complexity index is 1010. The van der Waals surface area contributed by atoms with E-state index in [9.17, 15) is 22.4 Å². The van der Waals surface area contributed by atoms with Crippen LogP contribution in [0.4, 0.5) is 15.8 Å². The first-order valence-electron chi connectivity index (χ1n) is 7.63. The minimum absolute atomic E-state index is 0.0104. The van der Waals surface area contributed by atoms with Crippen LogP contribution in [-0.2, 0) is 14.8 Å². The van der Waals surface area contributed by atoms with Crippen molar-refractivity contribution < 1.29 is 22.4 Å². The zero-order valence-corrected chi connectivity index (χ0v) is 15.1. The molecule has 0 spiro atoms. The molecule has 6 nitrogen and oxygen atoms in total. The average Bonchev–Trinajstić information content (AvgIpc) is 2.76. The second-order valence-electron chi connectivity index (χ2n) is 5.88. The minimum atomic E-state index is -3.77. The van der Waals surface area contributed by atoms with Gasteiger partial charge in [-0.05, 0) is 30.3 Å². The van der Waals surface area contributed by atoms with Gasteiger partial charge in [-0.1, -0.05) is 30.7 Å². The lowest BCUT2D eigenvalue weighted by atomic mass is 10.1.